The lowest BCUT2D eigenvalue weighted by Crippen LogP contribution is -2.48. The second-order valence-electron chi connectivity index (χ2n) is 4.04. The molecule has 2 atom stereocenters. The molecule has 2 N–H and O–H groups in total. The van der Waals surface area contributed by atoms with Gasteiger partial charge < -0.3 is 10.2 Å². The minimum atomic E-state index is -0.870. The highest BCUT2D eigenvalue weighted by molar-refractivity contribution is 6.64. The Morgan fingerprint density at radius 1 is 1.55 bits per heavy atom. The van der Waals surface area contributed by atoms with Crippen molar-refractivity contribution < 1.29 is 10.2 Å². The SMILES string of the molecule is CC(O)CC(C)(O)[SiH]1CCC1. The van der Waals surface area contributed by atoms with Gasteiger partial charge in [0, 0.05) is 0 Å². The molecule has 3 heteroatoms. The lowest BCUT2D eigenvalue weighted by molar-refractivity contribution is 0.0647. The lowest BCUT2D eigenvalue weighted by Gasteiger charge is -2.38. The molecule has 2 unspecified atom stereocenters. The van der Waals surface area contributed by atoms with Gasteiger partial charge in [0.05, 0.1) is 20.1 Å². The van der Waals surface area contributed by atoms with Crippen LogP contribution in [0.2, 0.25) is 12.1 Å². The molecule has 0 bridgehead atoms. The molecule has 1 saturated heterocycles. The van der Waals surface area contributed by atoms with Crippen LogP contribution in [-0.4, -0.2) is 30.3 Å². The Labute approximate surface area is 69.9 Å². The third-order valence-corrected chi connectivity index (χ3v) is 6.90. The summed E-state index contributed by atoms with van der Waals surface area (Å²) in [5.74, 6) is 0. The zero-order chi connectivity index (χ0) is 8.48. The highest BCUT2D eigenvalue weighted by Gasteiger charge is 2.37. The predicted octanol–water partition coefficient (Wildman–Crippen LogP) is 0.678. The largest absolute Gasteiger partial charge is 0.394 e. The van der Waals surface area contributed by atoms with Gasteiger partial charge >= 0.3 is 0 Å². The Kier molecular flexibility index (Phi) is 2.73. The minimum absolute atomic E-state index is 0.349. The molecule has 1 heterocycles. The third-order valence-electron chi connectivity index (χ3n) is 2.69. The average molecular weight is 174 g/mol. The van der Waals surface area contributed by atoms with Crippen molar-refractivity contribution in [2.45, 2.75) is 50.1 Å². The monoisotopic (exact) mass is 174 g/mol. The molecule has 0 aliphatic carbocycles. The molecule has 0 aromatic rings. The molecule has 0 spiro atoms. The summed E-state index contributed by atoms with van der Waals surface area (Å²) >= 11 is 0. The standard InChI is InChI=1S/C8H18O2Si/c1-7(9)6-8(2,10)11-4-3-5-11/h7,9-11H,3-6H2,1-2H3. The van der Waals surface area contributed by atoms with E-state index >= 15 is 0 Å². The highest BCUT2D eigenvalue weighted by Crippen LogP contribution is 2.31. The summed E-state index contributed by atoms with van der Waals surface area (Å²) in [6, 6.07) is 2.53. The first-order valence-electron chi connectivity index (χ1n) is 4.43. The van der Waals surface area contributed by atoms with E-state index in [-0.39, 0.29) is 6.10 Å². The first-order valence-corrected chi connectivity index (χ1v) is 6.64. The molecule has 0 aromatic heterocycles. The summed E-state index contributed by atoms with van der Waals surface area (Å²) in [6.45, 7) is 3.65. The quantitative estimate of drug-likeness (QED) is 0.618. The van der Waals surface area contributed by atoms with Gasteiger partial charge in [0.1, 0.15) is 0 Å². The first-order chi connectivity index (χ1) is 5.02. The molecule has 0 radical (unpaired) electrons. The molecule has 0 saturated carbocycles. The van der Waals surface area contributed by atoms with Gasteiger partial charge in [0.25, 0.3) is 0 Å². The molecular weight excluding hydrogens is 156 g/mol. The van der Waals surface area contributed by atoms with Gasteiger partial charge in [-0.05, 0) is 20.3 Å². The minimum Gasteiger partial charge on any atom is -0.394 e. The van der Waals surface area contributed by atoms with Gasteiger partial charge in [-0.15, -0.1) is 0 Å². The van der Waals surface area contributed by atoms with Gasteiger partial charge in [-0.3, -0.25) is 0 Å². The molecule has 0 aromatic carbocycles. The predicted molar refractivity (Wildman–Crippen MR) is 48.3 cm³/mol. The van der Waals surface area contributed by atoms with E-state index in [1.54, 1.807) is 6.92 Å². The molecule has 0 amide bonds. The zero-order valence-corrected chi connectivity index (χ0v) is 8.53. The van der Waals surface area contributed by atoms with Crippen LogP contribution in [-0.2, 0) is 0 Å². The fraction of sp³-hybridized carbons (Fsp3) is 1.00. The van der Waals surface area contributed by atoms with Crippen LogP contribution < -0.4 is 0 Å². The second kappa shape index (κ2) is 3.25. The summed E-state index contributed by atoms with van der Waals surface area (Å²) < 4.78 is 0. The van der Waals surface area contributed by atoms with Crippen molar-refractivity contribution >= 4 is 8.80 Å². The summed E-state index contributed by atoms with van der Waals surface area (Å²) in [6.07, 6.45) is 1.52. The Bertz CT molecular complexity index is 130. The number of aliphatic hydroxyl groups excluding tert-OH is 1. The van der Waals surface area contributed by atoms with E-state index in [9.17, 15) is 5.11 Å². The normalized spacial score (nSPS) is 27.3. The van der Waals surface area contributed by atoms with Crippen molar-refractivity contribution in [3.63, 3.8) is 0 Å². The summed E-state index contributed by atoms with van der Waals surface area (Å²) in [5, 5.41) is 18.5. The van der Waals surface area contributed by atoms with Crippen LogP contribution in [0.15, 0.2) is 0 Å². The van der Waals surface area contributed by atoms with Crippen LogP contribution >= 0.6 is 0 Å². The van der Waals surface area contributed by atoms with Crippen LogP contribution in [0.1, 0.15) is 26.7 Å². The molecular formula is C8H18O2Si. The lowest BCUT2D eigenvalue weighted by atomic mass is 10.2. The maximum atomic E-state index is 9.91. The zero-order valence-electron chi connectivity index (χ0n) is 7.38. The van der Waals surface area contributed by atoms with Crippen LogP contribution in [0, 0.1) is 0 Å². The Morgan fingerprint density at radius 3 is 2.36 bits per heavy atom. The summed E-state index contributed by atoms with van der Waals surface area (Å²) in [4.78, 5) is 0. The summed E-state index contributed by atoms with van der Waals surface area (Å²) in [5.41, 5.74) is 0. The van der Waals surface area contributed by atoms with Crippen LogP contribution in [0.4, 0.5) is 0 Å². The smallest absolute Gasteiger partial charge is 0.0750 e. The van der Waals surface area contributed by atoms with Gasteiger partial charge in [0.15, 0.2) is 0 Å². The maximum absolute atomic E-state index is 9.91. The van der Waals surface area contributed by atoms with Crippen molar-refractivity contribution in [2.24, 2.45) is 0 Å². The van der Waals surface area contributed by atoms with Gasteiger partial charge in [-0.25, -0.2) is 0 Å². The van der Waals surface area contributed by atoms with Gasteiger partial charge in [0.2, 0.25) is 0 Å². The third kappa shape index (κ3) is 2.29. The molecule has 1 rings (SSSR count). The highest BCUT2D eigenvalue weighted by atomic mass is 28.3. The molecule has 66 valence electrons. The number of aliphatic hydroxyl groups is 2. The molecule has 1 aliphatic rings. The van der Waals surface area contributed by atoms with Crippen molar-refractivity contribution in [1.29, 1.82) is 0 Å². The van der Waals surface area contributed by atoms with Crippen LogP contribution in [0.25, 0.3) is 0 Å². The number of hydrogen-bond acceptors (Lipinski definition) is 2. The fourth-order valence-electron chi connectivity index (χ4n) is 1.79. The van der Waals surface area contributed by atoms with Crippen molar-refractivity contribution in [3.05, 3.63) is 0 Å². The Balaban J connectivity index is 2.37. The first kappa shape index (κ1) is 9.23. The van der Waals surface area contributed by atoms with E-state index in [1.165, 1.54) is 18.5 Å². The summed E-state index contributed by atoms with van der Waals surface area (Å²) in [7, 11) is -0.870. The van der Waals surface area contributed by atoms with E-state index in [4.69, 9.17) is 5.11 Å². The molecule has 1 fully saturated rings. The fourth-order valence-corrected chi connectivity index (χ4v) is 4.53. The Hall–Kier alpha value is 0.137. The topological polar surface area (TPSA) is 40.5 Å². The number of hydrogen-bond donors (Lipinski definition) is 2. The van der Waals surface area contributed by atoms with E-state index in [0.717, 1.165) is 0 Å². The van der Waals surface area contributed by atoms with Crippen LogP contribution in [0.5, 0.6) is 0 Å². The second-order valence-corrected chi connectivity index (χ2v) is 7.83. The van der Waals surface area contributed by atoms with Crippen molar-refractivity contribution in [2.75, 3.05) is 0 Å². The molecule has 11 heavy (non-hydrogen) atoms. The molecule has 2 nitrogen and oxygen atoms in total. The maximum Gasteiger partial charge on any atom is 0.0750 e. The Morgan fingerprint density at radius 2 is 2.09 bits per heavy atom. The van der Waals surface area contributed by atoms with E-state index < -0.39 is 14.0 Å². The van der Waals surface area contributed by atoms with Gasteiger partial charge in [-0.1, -0.05) is 18.5 Å². The van der Waals surface area contributed by atoms with Gasteiger partial charge in [-0.2, -0.15) is 0 Å². The van der Waals surface area contributed by atoms with Crippen LogP contribution in [0.3, 0.4) is 0 Å². The van der Waals surface area contributed by atoms with Crippen molar-refractivity contribution in [1.82, 2.24) is 0 Å². The average Bonchev–Trinajstić information content (AvgIpc) is 1.50. The molecule has 1 aliphatic heterocycles. The number of rotatable bonds is 3. The van der Waals surface area contributed by atoms with E-state index in [1.807, 2.05) is 6.92 Å². The van der Waals surface area contributed by atoms with E-state index in [0.29, 0.717) is 6.42 Å². The van der Waals surface area contributed by atoms with Crippen molar-refractivity contribution in [3.8, 4) is 0 Å². The van der Waals surface area contributed by atoms with E-state index in [2.05, 4.69) is 0 Å².